The molecule has 0 aromatic rings. The first kappa shape index (κ1) is 23.2. The van der Waals surface area contributed by atoms with E-state index in [-0.39, 0.29) is 0 Å². The fraction of sp³-hybridized carbons (Fsp3) is 0.480. The van der Waals surface area contributed by atoms with Crippen LogP contribution in [-0.2, 0) is 0 Å². The Balaban J connectivity index is 6.31. The van der Waals surface area contributed by atoms with E-state index in [4.69, 9.17) is 0 Å². The van der Waals surface area contributed by atoms with E-state index in [2.05, 4.69) is 84.2 Å². The van der Waals surface area contributed by atoms with Gasteiger partial charge in [0.05, 0.1) is 0 Å². The first-order valence-electron chi connectivity index (χ1n) is 9.85. The molecule has 0 amide bonds. The van der Waals surface area contributed by atoms with Gasteiger partial charge in [-0.05, 0) is 74.0 Å². The van der Waals surface area contributed by atoms with Gasteiger partial charge in [-0.25, -0.2) is 0 Å². The van der Waals surface area contributed by atoms with Crippen LogP contribution in [0, 0.1) is 0 Å². The lowest BCUT2D eigenvalue weighted by molar-refractivity contribution is 0.812. The van der Waals surface area contributed by atoms with E-state index in [1.165, 1.54) is 40.7 Å². The van der Waals surface area contributed by atoms with E-state index < -0.39 is 0 Å². The van der Waals surface area contributed by atoms with E-state index >= 15 is 0 Å². The minimum Gasteiger partial charge on any atom is -0.122 e. The standard InChI is InChI=1S/C25H38/c1-8-13-15-17-23(20-19-21(6)7)25(18-14-9-2)24(16-10-3)22(11-4)12-5/h11-12,16-18,20H,4,8-10,13-15H2,1-3,5-7H3. The SMILES string of the molecule is C=CC(=CC)C(=CCC)C(=CCCC)C(C=C=C(C)C)=CCCCC. The molecule has 0 rings (SSSR count). The first-order valence-corrected chi connectivity index (χ1v) is 9.85. The third kappa shape index (κ3) is 9.32. The summed E-state index contributed by atoms with van der Waals surface area (Å²) >= 11 is 0. The maximum atomic E-state index is 4.02. The lowest BCUT2D eigenvalue weighted by Gasteiger charge is -2.15. The highest BCUT2D eigenvalue weighted by atomic mass is 14.1. The van der Waals surface area contributed by atoms with Crippen molar-refractivity contribution in [3.05, 3.63) is 76.6 Å². The molecule has 0 saturated heterocycles. The zero-order valence-corrected chi connectivity index (χ0v) is 17.4. The molecular weight excluding hydrogens is 300 g/mol. The molecule has 0 aliphatic rings. The highest BCUT2D eigenvalue weighted by molar-refractivity contribution is 5.61. The van der Waals surface area contributed by atoms with Crippen LogP contribution in [-0.4, -0.2) is 0 Å². The van der Waals surface area contributed by atoms with Crippen LogP contribution in [0.2, 0.25) is 0 Å². The number of hydrogen-bond acceptors (Lipinski definition) is 0. The predicted molar refractivity (Wildman–Crippen MR) is 116 cm³/mol. The second-order valence-electron chi connectivity index (χ2n) is 6.47. The molecule has 0 heterocycles. The van der Waals surface area contributed by atoms with E-state index in [0.717, 1.165) is 25.7 Å². The Hall–Kier alpha value is -1.78. The van der Waals surface area contributed by atoms with Gasteiger partial charge in [0.2, 0.25) is 0 Å². The van der Waals surface area contributed by atoms with Crippen LogP contribution in [0.4, 0.5) is 0 Å². The minimum atomic E-state index is 1.01. The highest BCUT2D eigenvalue weighted by Crippen LogP contribution is 2.29. The fourth-order valence-electron chi connectivity index (χ4n) is 2.57. The van der Waals surface area contributed by atoms with Gasteiger partial charge in [-0.2, -0.15) is 0 Å². The largest absolute Gasteiger partial charge is 0.122 e. The Morgan fingerprint density at radius 2 is 1.56 bits per heavy atom. The van der Waals surface area contributed by atoms with Crippen molar-refractivity contribution in [1.29, 1.82) is 0 Å². The quantitative estimate of drug-likeness (QED) is 0.201. The van der Waals surface area contributed by atoms with Gasteiger partial charge >= 0.3 is 0 Å². The van der Waals surface area contributed by atoms with Crippen LogP contribution in [0.5, 0.6) is 0 Å². The number of allylic oxidation sites excluding steroid dienone is 10. The molecule has 0 aliphatic heterocycles. The monoisotopic (exact) mass is 338 g/mol. The van der Waals surface area contributed by atoms with E-state index in [1.54, 1.807) is 0 Å². The summed E-state index contributed by atoms with van der Waals surface area (Å²) in [4.78, 5) is 0. The minimum absolute atomic E-state index is 1.01. The van der Waals surface area contributed by atoms with E-state index in [0.29, 0.717) is 0 Å². The summed E-state index contributed by atoms with van der Waals surface area (Å²) in [6.07, 6.45) is 20.2. The van der Waals surface area contributed by atoms with Crippen LogP contribution in [0.3, 0.4) is 0 Å². The van der Waals surface area contributed by atoms with Crippen molar-refractivity contribution in [2.24, 2.45) is 0 Å². The molecule has 0 radical (unpaired) electrons. The van der Waals surface area contributed by atoms with Crippen molar-refractivity contribution in [2.45, 2.75) is 80.1 Å². The second kappa shape index (κ2) is 14.6. The smallest absolute Gasteiger partial charge is 0.0125 e. The van der Waals surface area contributed by atoms with Crippen LogP contribution >= 0.6 is 0 Å². The van der Waals surface area contributed by atoms with Crippen molar-refractivity contribution >= 4 is 0 Å². The lowest BCUT2D eigenvalue weighted by atomic mass is 9.89. The van der Waals surface area contributed by atoms with E-state index in [1.807, 2.05) is 6.08 Å². The molecule has 25 heavy (non-hydrogen) atoms. The summed E-state index contributed by atoms with van der Waals surface area (Å²) in [5.74, 6) is 0. The van der Waals surface area contributed by atoms with Gasteiger partial charge in [0.1, 0.15) is 0 Å². The molecule has 0 bridgehead atoms. The first-order chi connectivity index (χ1) is 12.0. The summed E-state index contributed by atoms with van der Waals surface area (Å²) < 4.78 is 0. The maximum absolute atomic E-state index is 4.02. The van der Waals surface area contributed by atoms with Crippen molar-refractivity contribution < 1.29 is 0 Å². The summed E-state index contributed by atoms with van der Waals surface area (Å²) in [6.45, 7) is 17.0. The third-order valence-corrected chi connectivity index (χ3v) is 3.93. The summed E-state index contributed by atoms with van der Waals surface area (Å²) in [5.41, 5.74) is 9.71. The highest BCUT2D eigenvalue weighted by Gasteiger charge is 2.11. The van der Waals surface area contributed by atoms with Gasteiger partial charge in [-0.1, -0.05) is 77.0 Å². The van der Waals surface area contributed by atoms with Gasteiger partial charge in [0.15, 0.2) is 0 Å². The molecule has 0 spiro atoms. The molecule has 0 saturated carbocycles. The average Bonchev–Trinajstić information content (AvgIpc) is 2.60. The number of unbranched alkanes of at least 4 members (excludes halogenated alkanes) is 3. The molecule has 0 N–H and O–H groups in total. The van der Waals surface area contributed by atoms with Gasteiger partial charge in [0, 0.05) is 0 Å². The predicted octanol–water partition coefficient (Wildman–Crippen LogP) is 8.42. The Morgan fingerprint density at radius 1 is 0.880 bits per heavy atom. The van der Waals surface area contributed by atoms with Crippen LogP contribution < -0.4 is 0 Å². The van der Waals surface area contributed by atoms with Gasteiger partial charge in [0.25, 0.3) is 0 Å². The Bertz CT molecular complexity index is 578. The molecule has 0 aromatic heterocycles. The van der Waals surface area contributed by atoms with E-state index in [9.17, 15) is 0 Å². The zero-order valence-electron chi connectivity index (χ0n) is 17.4. The van der Waals surface area contributed by atoms with Gasteiger partial charge in [-0.3, -0.25) is 0 Å². The number of rotatable bonds is 11. The molecule has 0 aromatic carbocycles. The molecule has 0 atom stereocenters. The van der Waals surface area contributed by atoms with Crippen LogP contribution in [0.1, 0.15) is 80.1 Å². The molecule has 0 heteroatoms. The topological polar surface area (TPSA) is 0 Å². The Labute approximate surface area is 157 Å². The normalized spacial score (nSPS) is 13.5. The molecule has 0 fully saturated rings. The molecule has 0 aliphatic carbocycles. The van der Waals surface area contributed by atoms with Crippen LogP contribution in [0.25, 0.3) is 0 Å². The molecule has 0 nitrogen and oxygen atoms in total. The lowest BCUT2D eigenvalue weighted by Crippen LogP contribution is -1.97. The van der Waals surface area contributed by atoms with Crippen molar-refractivity contribution in [1.82, 2.24) is 0 Å². The number of hydrogen-bond donors (Lipinski definition) is 0. The average molecular weight is 339 g/mol. The molecular formula is C25H38. The van der Waals surface area contributed by atoms with Crippen LogP contribution in [0.15, 0.2) is 76.6 Å². The Morgan fingerprint density at radius 3 is 2.04 bits per heavy atom. The summed E-state index contributed by atoms with van der Waals surface area (Å²) in [5, 5.41) is 0. The Kier molecular flexibility index (Phi) is 13.5. The van der Waals surface area contributed by atoms with Gasteiger partial charge < -0.3 is 0 Å². The molecule has 0 unspecified atom stereocenters. The zero-order chi connectivity index (χ0) is 19.1. The van der Waals surface area contributed by atoms with Crippen molar-refractivity contribution in [2.75, 3.05) is 0 Å². The summed E-state index contributed by atoms with van der Waals surface area (Å²) in [6, 6.07) is 0. The molecule has 138 valence electrons. The third-order valence-electron chi connectivity index (χ3n) is 3.93. The van der Waals surface area contributed by atoms with Crippen molar-refractivity contribution in [3.63, 3.8) is 0 Å². The van der Waals surface area contributed by atoms with Gasteiger partial charge in [-0.15, -0.1) is 5.73 Å². The fourth-order valence-corrected chi connectivity index (χ4v) is 2.57. The maximum Gasteiger partial charge on any atom is -0.0125 e. The van der Waals surface area contributed by atoms with Crippen molar-refractivity contribution in [3.8, 4) is 0 Å². The summed E-state index contributed by atoms with van der Waals surface area (Å²) in [7, 11) is 0. The second-order valence-corrected chi connectivity index (χ2v) is 6.47.